The molecule has 0 bridgehead atoms. The second-order valence-electron chi connectivity index (χ2n) is 9.19. The summed E-state index contributed by atoms with van der Waals surface area (Å²) in [5, 5.41) is 13.0. The van der Waals surface area contributed by atoms with Gasteiger partial charge in [-0.05, 0) is 43.4 Å². The summed E-state index contributed by atoms with van der Waals surface area (Å²) in [6.45, 7) is 8.07. The van der Waals surface area contributed by atoms with Crippen LogP contribution in [0.4, 0.5) is 0 Å². The van der Waals surface area contributed by atoms with Crippen molar-refractivity contribution in [2.45, 2.75) is 53.4 Å². The molecule has 1 N–H and O–H groups in total. The summed E-state index contributed by atoms with van der Waals surface area (Å²) in [5.74, 6) is 2.32. The summed E-state index contributed by atoms with van der Waals surface area (Å²) >= 11 is 0. The Bertz CT molecular complexity index is 1400. The first-order chi connectivity index (χ1) is 17.5. The van der Waals surface area contributed by atoms with E-state index in [0.717, 1.165) is 64.4 Å². The molecule has 4 nitrogen and oxygen atoms in total. The van der Waals surface area contributed by atoms with Gasteiger partial charge in [0, 0.05) is 60.7 Å². The zero-order valence-electron chi connectivity index (χ0n) is 21.9. The van der Waals surface area contributed by atoms with Gasteiger partial charge in [-0.1, -0.05) is 52.0 Å². The Hall–Kier alpha value is -3.01. The van der Waals surface area contributed by atoms with Crippen LogP contribution < -0.4 is 4.74 Å². The first kappa shape index (κ1) is 28.6. The number of para-hydroxylation sites is 1. The van der Waals surface area contributed by atoms with Gasteiger partial charge < -0.3 is 14.8 Å². The van der Waals surface area contributed by atoms with Gasteiger partial charge in [0.1, 0.15) is 11.5 Å². The molecular formula is C32H34IrNO3-. The topological polar surface area (TPSA) is 59.4 Å². The minimum Gasteiger partial charge on any atom is -0.512 e. The monoisotopic (exact) mass is 673 g/mol. The number of nitrogens with zero attached hydrogens (tertiary/aromatic N) is 1. The predicted octanol–water partition coefficient (Wildman–Crippen LogP) is 8.83. The molecule has 0 aliphatic carbocycles. The molecule has 0 unspecified atom stereocenters. The van der Waals surface area contributed by atoms with Crippen LogP contribution in [0.25, 0.3) is 32.8 Å². The Labute approximate surface area is 233 Å². The van der Waals surface area contributed by atoms with Gasteiger partial charge in [0.15, 0.2) is 5.78 Å². The van der Waals surface area contributed by atoms with Gasteiger partial charge in [-0.25, -0.2) is 0 Å². The van der Waals surface area contributed by atoms with E-state index in [9.17, 15) is 9.90 Å². The van der Waals surface area contributed by atoms with Crippen molar-refractivity contribution in [1.82, 2.24) is 4.98 Å². The summed E-state index contributed by atoms with van der Waals surface area (Å²) in [4.78, 5) is 16.3. The minimum atomic E-state index is 0. The van der Waals surface area contributed by atoms with Crippen molar-refractivity contribution in [2.24, 2.45) is 11.8 Å². The van der Waals surface area contributed by atoms with E-state index in [1.807, 2.05) is 64.1 Å². The molecule has 0 saturated heterocycles. The van der Waals surface area contributed by atoms with Crippen molar-refractivity contribution in [3.8, 4) is 22.6 Å². The number of allylic oxidation sites excluding steroid dienone is 2. The van der Waals surface area contributed by atoms with Crippen LogP contribution in [-0.4, -0.2) is 15.9 Å². The van der Waals surface area contributed by atoms with Gasteiger partial charge in [-0.15, -0.1) is 35.0 Å². The number of carbonyl (C=O) groups is 1. The van der Waals surface area contributed by atoms with E-state index in [2.05, 4.69) is 29.2 Å². The van der Waals surface area contributed by atoms with Crippen LogP contribution in [0.15, 0.2) is 72.6 Å². The van der Waals surface area contributed by atoms with Crippen molar-refractivity contribution in [3.63, 3.8) is 0 Å². The fraction of sp³-hybridized carbons (Fsp3) is 0.312. The maximum Gasteiger partial charge on any atom is 0.162 e. The van der Waals surface area contributed by atoms with Crippen LogP contribution in [0.5, 0.6) is 11.5 Å². The second kappa shape index (κ2) is 13.0. The smallest absolute Gasteiger partial charge is 0.162 e. The Morgan fingerprint density at radius 1 is 0.946 bits per heavy atom. The molecule has 0 saturated carbocycles. The van der Waals surface area contributed by atoms with E-state index >= 15 is 0 Å². The summed E-state index contributed by atoms with van der Waals surface area (Å²) in [6, 6.07) is 21.6. The SMILES string of the molecule is CCC(CC)C(=O)/C=C(\O)C(CC)CC.[Ir].[c-]1cccc2cc3c4c(ccnc4c12)Oc1ccccc1-3. The van der Waals surface area contributed by atoms with Crippen molar-refractivity contribution in [2.75, 3.05) is 0 Å². The maximum atomic E-state index is 11.7. The molecule has 4 aromatic rings. The van der Waals surface area contributed by atoms with E-state index in [1.165, 1.54) is 11.6 Å². The Balaban J connectivity index is 0.000000214. The number of aliphatic hydroxyl groups excluding tert-OH is 1. The van der Waals surface area contributed by atoms with Gasteiger partial charge in [-0.2, -0.15) is 0 Å². The third kappa shape index (κ3) is 5.95. The van der Waals surface area contributed by atoms with Crippen molar-refractivity contribution in [1.29, 1.82) is 0 Å². The van der Waals surface area contributed by atoms with Crippen LogP contribution in [-0.2, 0) is 24.9 Å². The fourth-order valence-corrected chi connectivity index (χ4v) is 4.87. The maximum absolute atomic E-state index is 11.7. The number of fused-ring (bicyclic) bond motifs is 4. The van der Waals surface area contributed by atoms with Gasteiger partial charge >= 0.3 is 0 Å². The van der Waals surface area contributed by atoms with Crippen LogP contribution in [0, 0.1) is 17.9 Å². The number of rotatable bonds is 7. The summed E-state index contributed by atoms with van der Waals surface area (Å²) in [7, 11) is 0. The van der Waals surface area contributed by atoms with E-state index < -0.39 is 0 Å². The van der Waals surface area contributed by atoms with E-state index in [0.29, 0.717) is 0 Å². The molecule has 1 aliphatic heterocycles. The average molecular weight is 673 g/mol. The van der Waals surface area contributed by atoms with Gasteiger partial charge in [0.25, 0.3) is 0 Å². The molecule has 1 aromatic heterocycles. The van der Waals surface area contributed by atoms with Crippen LogP contribution in [0.2, 0.25) is 0 Å². The number of pyridine rings is 1. The Morgan fingerprint density at radius 3 is 2.35 bits per heavy atom. The molecule has 37 heavy (non-hydrogen) atoms. The molecule has 5 rings (SSSR count). The summed E-state index contributed by atoms with van der Waals surface area (Å²) in [6.07, 6.45) is 6.71. The minimum absolute atomic E-state index is 0. The molecule has 2 heterocycles. The zero-order valence-corrected chi connectivity index (χ0v) is 24.3. The Kier molecular flexibility index (Phi) is 10.0. The average Bonchev–Trinajstić information content (AvgIpc) is 2.90. The quantitative estimate of drug-likeness (QED) is 0.0813. The largest absolute Gasteiger partial charge is 0.512 e. The molecule has 0 spiro atoms. The predicted molar refractivity (Wildman–Crippen MR) is 147 cm³/mol. The molecule has 0 atom stereocenters. The fourth-order valence-electron chi connectivity index (χ4n) is 4.87. The van der Waals surface area contributed by atoms with E-state index in [1.54, 1.807) is 6.20 Å². The standard InChI is InChI=1S/C19H10NO.C13H24O2.Ir/c1-2-6-13-12(5-1)11-15-14-7-3-4-8-16(14)21-17-9-10-20-19(13)18(15)17;1-5-10(6-2)12(14)9-13(15)11(7-3)8-4;/h1-5,7-11H;9-11,14H,5-8H2,1-4H3;/q-1;;/b;12-9-;. The number of hydrogen-bond donors (Lipinski definition) is 1. The number of aromatic nitrogens is 1. The first-order valence-electron chi connectivity index (χ1n) is 13.0. The second-order valence-corrected chi connectivity index (χ2v) is 9.19. The summed E-state index contributed by atoms with van der Waals surface area (Å²) in [5.41, 5.74) is 3.26. The van der Waals surface area contributed by atoms with Gasteiger partial charge in [0.2, 0.25) is 0 Å². The normalized spacial score (nSPS) is 12.0. The Morgan fingerprint density at radius 2 is 1.65 bits per heavy atom. The summed E-state index contributed by atoms with van der Waals surface area (Å²) < 4.78 is 6.04. The third-order valence-electron chi connectivity index (χ3n) is 7.09. The molecule has 0 amide bonds. The molecule has 1 aliphatic rings. The van der Waals surface area contributed by atoms with Gasteiger partial charge in [-0.3, -0.25) is 4.79 Å². The number of carbonyl (C=O) groups excluding carboxylic acids is 1. The molecule has 1 radical (unpaired) electrons. The first-order valence-corrected chi connectivity index (χ1v) is 13.0. The molecule has 5 heteroatoms. The number of aliphatic hydroxyl groups is 1. The number of benzene rings is 3. The molecule has 195 valence electrons. The number of hydrogen-bond acceptors (Lipinski definition) is 4. The van der Waals surface area contributed by atoms with Gasteiger partial charge in [0.05, 0.1) is 5.76 Å². The van der Waals surface area contributed by atoms with E-state index in [-0.39, 0.29) is 43.5 Å². The van der Waals surface area contributed by atoms with E-state index in [4.69, 9.17) is 4.74 Å². The van der Waals surface area contributed by atoms with Crippen molar-refractivity contribution < 1.29 is 34.7 Å². The molecular weight excluding hydrogens is 639 g/mol. The molecule has 3 aromatic carbocycles. The number of ether oxygens (including phenoxy) is 1. The molecule has 0 fully saturated rings. The van der Waals surface area contributed by atoms with Crippen molar-refractivity contribution in [3.05, 3.63) is 78.7 Å². The van der Waals surface area contributed by atoms with Crippen molar-refractivity contribution >= 4 is 27.5 Å². The van der Waals surface area contributed by atoms with Crippen LogP contribution in [0.3, 0.4) is 0 Å². The zero-order chi connectivity index (χ0) is 25.7. The van der Waals surface area contributed by atoms with Crippen LogP contribution in [0.1, 0.15) is 53.4 Å². The number of ketones is 1. The third-order valence-corrected chi connectivity index (χ3v) is 7.09. The van der Waals surface area contributed by atoms with Crippen LogP contribution >= 0.6 is 0 Å².